The first-order valence-electron chi connectivity index (χ1n) is 11.0. The normalized spacial score (nSPS) is 17.5. The van der Waals surface area contributed by atoms with Crippen molar-refractivity contribution in [2.24, 2.45) is 0 Å². The second-order valence-corrected chi connectivity index (χ2v) is 8.66. The van der Waals surface area contributed by atoms with Crippen LogP contribution in [0.2, 0.25) is 5.02 Å². The molecule has 2 aliphatic heterocycles. The molecule has 32 heavy (non-hydrogen) atoms. The van der Waals surface area contributed by atoms with Crippen LogP contribution in [0.5, 0.6) is 0 Å². The fourth-order valence-electron chi connectivity index (χ4n) is 4.63. The average Bonchev–Trinajstić information content (AvgIpc) is 3.49. The molecule has 2 saturated heterocycles. The van der Waals surface area contributed by atoms with E-state index in [1.807, 2.05) is 0 Å². The second-order valence-electron chi connectivity index (χ2n) is 8.26. The molecule has 0 aliphatic carbocycles. The van der Waals surface area contributed by atoms with Crippen LogP contribution in [0.1, 0.15) is 47.6 Å². The maximum atomic E-state index is 14.7. The topological polar surface area (TPSA) is 78.7 Å². The van der Waals surface area contributed by atoms with Gasteiger partial charge in [-0.3, -0.25) is 19.8 Å². The van der Waals surface area contributed by atoms with Crippen LogP contribution >= 0.6 is 11.6 Å². The number of amides is 1. The summed E-state index contributed by atoms with van der Waals surface area (Å²) in [6.45, 7) is 3.35. The number of hydrogen-bond donors (Lipinski definition) is 1. The molecule has 2 fully saturated rings. The summed E-state index contributed by atoms with van der Waals surface area (Å²) in [7, 11) is 0. The van der Waals surface area contributed by atoms with Gasteiger partial charge in [0.1, 0.15) is 5.82 Å². The second kappa shape index (κ2) is 9.83. The van der Waals surface area contributed by atoms with E-state index in [4.69, 9.17) is 11.6 Å². The van der Waals surface area contributed by atoms with Crippen molar-refractivity contribution in [1.82, 2.24) is 10.2 Å². The lowest BCUT2D eigenvalue weighted by atomic mass is 10.0. The lowest BCUT2D eigenvalue weighted by Gasteiger charge is -2.29. The first-order valence-corrected chi connectivity index (χ1v) is 11.3. The van der Waals surface area contributed by atoms with E-state index < -0.39 is 22.7 Å². The highest BCUT2D eigenvalue weighted by Crippen LogP contribution is 2.33. The maximum absolute atomic E-state index is 14.7. The minimum absolute atomic E-state index is 0.133. The maximum Gasteiger partial charge on any atom is 0.270 e. The predicted molar refractivity (Wildman–Crippen MR) is 122 cm³/mol. The van der Waals surface area contributed by atoms with Gasteiger partial charge in [0.15, 0.2) is 0 Å². The van der Waals surface area contributed by atoms with Gasteiger partial charge in [-0.2, -0.15) is 0 Å². The van der Waals surface area contributed by atoms with E-state index in [-0.39, 0.29) is 17.8 Å². The highest BCUT2D eigenvalue weighted by Gasteiger charge is 2.29. The lowest BCUT2D eigenvalue weighted by molar-refractivity contribution is -0.384. The number of nitrogens with zero attached hydrogens (tertiary/aromatic N) is 3. The van der Waals surface area contributed by atoms with Gasteiger partial charge in [0.25, 0.3) is 11.6 Å². The Kier molecular flexibility index (Phi) is 6.91. The molecule has 0 radical (unpaired) electrons. The Morgan fingerprint density at radius 3 is 2.47 bits per heavy atom. The van der Waals surface area contributed by atoms with Gasteiger partial charge in [-0.25, -0.2) is 4.39 Å². The van der Waals surface area contributed by atoms with Gasteiger partial charge in [-0.15, -0.1) is 0 Å². The molecule has 1 amide bonds. The summed E-state index contributed by atoms with van der Waals surface area (Å²) in [4.78, 5) is 28.2. The number of benzene rings is 2. The Balaban J connectivity index is 1.60. The van der Waals surface area contributed by atoms with Gasteiger partial charge in [0.05, 0.1) is 22.2 Å². The van der Waals surface area contributed by atoms with Crippen molar-refractivity contribution in [2.45, 2.75) is 31.7 Å². The molecule has 0 bridgehead atoms. The summed E-state index contributed by atoms with van der Waals surface area (Å²) in [5.74, 6) is -0.816. The Morgan fingerprint density at radius 2 is 1.81 bits per heavy atom. The molecule has 0 aromatic heterocycles. The molecule has 4 rings (SSSR count). The average molecular weight is 461 g/mol. The van der Waals surface area contributed by atoms with Crippen LogP contribution in [0, 0.1) is 15.9 Å². The number of likely N-dealkylation sites (tertiary alicyclic amines) is 1. The smallest absolute Gasteiger partial charge is 0.270 e. The Bertz CT molecular complexity index is 986. The monoisotopic (exact) mass is 460 g/mol. The molecule has 1 N–H and O–H groups in total. The van der Waals surface area contributed by atoms with Gasteiger partial charge in [0, 0.05) is 42.4 Å². The number of carbonyl (C=O) groups is 1. The van der Waals surface area contributed by atoms with Crippen molar-refractivity contribution in [1.29, 1.82) is 0 Å². The van der Waals surface area contributed by atoms with Crippen LogP contribution in [-0.4, -0.2) is 48.5 Å². The summed E-state index contributed by atoms with van der Waals surface area (Å²) in [5, 5.41) is 14.5. The van der Waals surface area contributed by atoms with Gasteiger partial charge in [0.2, 0.25) is 0 Å². The number of nitro benzene ring substituents is 1. The third kappa shape index (κ3) is 4.71. The summed E-state index contributed by atoms with van der Waals surface area (Å²) in [5.41, 5.74) is 1.19. The summed E-state index contributed by atoms with van der Waals surface area (Å²) >= 11 is 6.34. The van der Waals surface area contributed by atoms with E-state index in [1.165, 1.54) is 18.2 Å². The van der Waals surface area contributed by atoms with E-state index in [9.17, 15) is 19.3 Å². The highest BCUT2D eigenvalue weighted by atomic mass is 35.5. The van der Waals surface area contributed by atoms with Crippen LogP contribution in [-0.2, 0) is 0 Å². The number of carbonyl (C=O) groups excluding carboxylic acids is 1. The fourth-order valence-corrected chi connectivity index (χ4v) is 4.92. The van der Waals surface area contributed by atoms with Crippen molar-refractivity contribution in [3.05, 3.63) is 68.5 Å². The SMILES string of the molecule is O=C(NCC(c1c(F)cccc1Cl)N1CCCC1)c1cc([N+](=O)[O-])ccc1N1CCCC1. The number of nitro groups is 1. The number of halogens is 2. The number of non-ortho nitro benzene ring substituents is 1. The van der Waals surface area contributed by atoms with Crippen molar-refractivity contribution in [3.63, 3.8) is 0 Å². The molecule has 2 aromatic carbocycles. The first-order chi connectivity index (χ1) is 15.5. The largest absolute Gasteiger partial charge is 0.371 e. The summed E-state index contributed by atoms with van der Waals surface area (Å²) < 4.78 is 14.7. The summed E-state index contributed by atoms with van der Waals surface area (Å²) in [6.07, 6.45) is 4.03. The zero-order chi connectivity index (χ0) is 22.7. The summed E-state index contributed by atoms with van der Waals surface area (Å²) in [6, 6.07) is 8.57. The Hall–Kier alpha value is -2.71. The van der Waals surface area contributed by atoms with Crippen molar-refractivity contribution < 1.29 is 14.1 Å². The van der Waals surface area contributed by atoms with E-state index in [2.05, 4.69) is 15.1 Å². The Labute approximate surface area is 191 Å². The predicted octanol–water partition coefficient (Wildman–Crippen LogP) is 4.55. The van der Waals surface area contributed by atoms with E-state index in [0.29, 0.717) is 16.3 Å². The van der Waals surface area contributed by atoms with Crippen molar-refractivity contribution >= 4 is 28.9 Å². The Morgan fingerprint density at radius 1 is 1.12 bits per heavy atom. The van der Waals surface area contributed by atoms with E-state index in [1.54, 1.807) is 18.2 Å². The molecule has 7 nitrogen and oxygen atoms in total. The van der Waals surface area contributed by atoms with Gasteiger partial charge in [-0.1, -0.05) is 17.7 Å². The van der Waals surface area contributed by atoms with Crippen LogP contribution in [0.15, 0.2) is 36.4 Å². The molecule has 1 unspecified atom stereocenters. The molecule has 9 heteroatoms. The number of anilines is 1. The quantitative estimate of drug-likeness (QED) is 0.484. The lowest BCUT2D eigenvalue weighted by Crippen LogP contribution is -2.38. The van der Waals surface area contributed by atoms with Crippen LogP contribution in [0.4, 0.5) is 15.8 Å². The van der Waals surface area contributed by atoms with Gasteiger partial charge >= 0.3 is 0 Å². The van der Waals surface area contributed by atoms with Crippen LogP contribution < -0.4 is 10.2 Å². The molecular formula is C23H26ClFN4O3. The third-order valence-corrected chi connectivity index (χ3v) is 6.58. The van der Waals surface area contributed by atoms with Gasteiger partial charge in [-0.05, 0) is 57.0 Å². The number of nitrogens with one attached hydrogen (secondary N) is 1. The zero-order valence-corrected chi connectivity index (χ0v) is 18.5. The van der Waals surface area contributed by atoms with Crippen molar-refractivity contribution in [3.8, 4) is 0 Å². The van der Waals surface area contributed by atoms with Crippen LogP contribution in [0.25, 0.3) is 0 Å². The molecule has 1 atom stereocenters. The molecular weight excluding hydrogens is 435 g/mol. The zero-order valence-electron chi connectivity index (χ0n) is 17.7. The van der Waals surface area contributed by atoms with Crippen LogP contribution in [0.3, 0.4) is 0 Å². The molecule has 0 spiro atoms. The molecule has 2 heterocycles. The minimum atomic E-state index is -0.503. The number of rotatable bonds is 7. The van der Waals surface area contributed by atoms with E-state index >= 15 is 0 Å². The van der Waals surface area contributed by atoms with Gasteiger partial charge < -0.3 is 10.2 Å². The first kappa shape index (κ1) is 22.5. The highest BCUT2D eigenvalue weighted by molar-refractivity contribution is 6.31. The van der Waals surface area contributed by atoms with E-state index in [0.717, 1.165) is 51.9 Å². The molecule has 170 valence electrons. The minimum Gasteiger partial charge on any atom is -0.371 e. The standard InChI is InChI=1S/C23H26ClFN4O3/c24-18-6-5-7-19(25)22(18)21(28-12-3-4-13-28)15-26-23(30)17-14-16(29(31)32)8-9-20(17)27-10-1-2-11-27/h5-9,14,21H,1-4,10-13,15H2,(H,26,30). The molecule has 2 aromatic rings. The fraction of sp³-hybridized carbons (Fsp3) is 0.435. The van der Waals surface area contributed by atoms with Crippen molar-refractivity contribution in [2.75, 3.05) is 37.6 Å². The third-order valence-electron chi connectivity index (χ3n) is 6.25. The molecule has 0 saturated carbocycles. The molecule has 2 aliphatic rings. The number of hydrogen-bond acceptors (Lipinski definition) is 5.